The number of carbonyl (C=O) groups is 1. The normalized spacial score (nSPS) is 13.1. The molecule has 0 radical (unpaired) electrons. The molecule has 0 aliphatic carbocycles. The van der Waals surface area contributed by atoms with Gasteiger partial charge in [-0.1, -0.05) is 53.0 Å². The van der Waals surface area contributed by atoms with Gasteiger partial charge in [-0.2, -0.15) is 0 Å². The first-order valence-electron chi connectivity index (χ1n) is 11.0. The molecule has 0 spiro atoms. The van der Waals surface area contributed by atoms with Gasteiger partial charge in [0, 0.05) is 26.3 Å². The van der Waals surface area contributed by atoms with Crippen LogP contribution in [0.5, 0.6) is 5.75 Å². The van der Waals surface area contributed by atoms with Gasteiger partial charge in [-0.3, -0.25) is 0 Å². The molecule has 3 aromatic carbocycles. The van der Waals surface area contributed by atoms with E-state index in [0.29, 0.717) is 26.4 Å². The van der Waals surface area contributed by atoms with E-state index < -0.39 is 23.7 Å². The summed E-state index contributed by atoms with van der Waals surface area (Å²) in [6, 6.07) is 19.2. The van der Waals surface area contributed by atoms with Crippen molar-refractivity contribution in [2.24, 2.45) is 0 Å². The van der Waals surface area contributed by atoms with Crippen molar-refractivity contribution in [3.8, 4) is 5.75 Å². The second kappa shape index (κ2) is 12.0. The second-order valence-corrected chi connectivity index (χ2v) is 10.1. The fourth-order valence-electron chi connectivity index (χ4n) is 3.37. The van der Waals surface area contributed by atoms with E-state index in [2.05, 4.69) is 5.32 Å². The Bertz CT molecular complexity index is 1110. The summed E-state index contributed by atoms with van der Waals surface area (Å²) in [4.78, 5) is 13.4. The zero-order valence-corrected chi connectivity index (χ0v) is 22.2. The van der Waals surface area contributed by atoms with Crippen LogP contribution in [0.3, 0.4) is 0 Å². The lowest BCUT2D eigenvalue weighted by Crippen LogP contribution is -2.40. The molecule has 8 heteroatoms. The van der Waals surface area contributed by atoms with Crippen LogP contribution >= 0.6 is 34.8 Å². The number of benzene rings is 3. The van der Waals surface area contributed by atoms with Gasteiger partial charge in [-0.25, -0.2) is 4.79 Å². The highest BCUT2D eigenvalue weighted by atomic mass is 35.5. The van der Waals surface area contributed by atoms with Crippen molar-refractivity contribution in [2.75, 3.05) is 12.4 Å². The molecule has 0 unspecified atom stereocenters. The molecule has 35 heavy (non-hydrogen) atoms. The van der Waals surface area contributed by atoms with Crippen LogP contribution in [0.25, 0.3) is 0 Å². The van der Waals surface area contributed by atoms with Crippen molar-refractivity contribution in [3.63, 3.8) is 0 Å². The van der Waals surface area contributed by atoms with E-state index in [4.69, 9.17) is 49.0 Å². The fraction of sp³-hybridized carbons (Fsp3) is 0.296. The molecule has 3 aromatic rings. The third-order valence-corrected chi connectivity index (χ3v) is 6.01. The first-order chi connectivity index (χ1) is 16.6. The summed E-state index contributed by atoms with van der Waals surface area (Å²) in [6.45, 7) is 5.43. The minimum Gasteiger partial charge on any atom is -0.497 e. The Morgan fingerprint density at radius 3 is 2.06 bits per heavy atom. The smallest absolute Gasteiger partial charge is 0.338 e. The number of carbonyl (C=O) groups excluding carboxylic acids is 1. The Labute approximate surface area is 221 Å². The molecule has 0 aromatic heterocycles. The van der Waals surface area contributed by atoms with Crippen LogP contribution in [0.2, 0.25) is 15.1 Å². The number of rotatable bonds is 9. The molecular formula is C27H28Cl3NO4. The second-order valence-electron chi connectivity index (χ2n) is 8.87. The van der Waals surface area contributed by atoms with Gasteiger partial charge in [0.2, 0.25) is 0 Å². The number of halogens is 3. The van der Waals surface area contributed by atoms with Crippen molar-refractivity contribution in [3.05, 3.63) is 92.9 Å². The molecule has 5 nitrogen and oxygen atoms in total. The lowest BCUT2D eigenvalue weighted by molar-refractivity contribution is -0.170. The van der Waals surface area contributed by atoms with Crippen LogP contribution in [0.15, 0.2) is 66.7 Å². The summed E-state index contributed by atoms with van der Waals surface area (Å²) in [5.41, 5.74) is 1.42. The van der Waals surface area contributed by atoms with E-state index in [0.717, 1.165) is 11.3 Å². The highest BCUT2D eigenvalue weighted by molar-refractivity contribution is 6.36. The summed E-state index contributed by atoms with van der Waals surface area (Å²) < 4.78 is 17.2. The Balaban J connectivity index is 2.00. The number of hydrogen-bond acceptors (Lipinski definition) is 5. The molecule has 0 aliphatic heterocycles. The zero-order valence-electron chi connectivity index (χ0n) is 20.0. The number of esters is 1. The molecule has 186 valence electrons. The molecule has 1 N–H and O–H groups in total. The van der Waals surface area contributed by atoms with Crippen molar-refractivity contribution in [2.45, 2.75) is 45.1 Å². The van der Waals surface area contributed by atoms with Gasteiger partial charge in [-0.15, -0.1) is 0 Å². The van der Waals surface area contributed by atoms with Crippen LogP contribution in [-0.2, 0) is 20.9 Å². The highest BCUT2D eigenvalue weighted by Gasteiger charge is 2.35. The number of nitrogens with one attached hydrogen (secondary N) is 1. The van der Waals surface area contributed by atoms with Gasteiger partial charge in [0.15, 0.2) is 6.10 Å². The average Bonchev–Trinajstić information content (AvgIpc) is 2.80. The topological polar surface area (TPSA) is 56.8 Å². The minimum atomic E-state index is -1.04. The SMILES string of the molecule is COc1ccc(N[C@H](c2ccc(Cl)cc2)[C@H](OCc2c(Cl)cccc2Cl)C(=O)OC(C)(C)C)cc1. The third kappa shape index (κ3) is 7.77. The van der Waals surface area contributed by atoms with Crippen molar-refractivity contribution in [1.82, 2.24) is 0 Å². The van der Waals surface area contributed by atoms with E-state index in [1.165, 1.54) is 0 Å². The van der Waals surface area contributed by atoms with Crippen molar-refractivity contribution < 1.29 is 19.0 Å². The molecule has 0 bridgehead atoms. The maximum Gasteiger partial charge on any atom is 0.338 e. The fourth-order valence-corrected chi connectivity index (χ4v) is 4.01. The van der Waals surface area contributed by atoms with Gasteiger partial charge in [-0.05, 0) is 74.9 Å². The first-order valence-corrected chi connectivity index (χ1v) is 12.1. The molecule has 0 saturated carbocycles. The van der Waals surface area contributed by atoms with Gasteiger partial charge in [0.05, 0.1) is 19.8 Å². The summed E-state index contributed by atoms with van der Waals surface area (Å²) >= 11 is 18.8. The number of anilines is 1. The summed E-state index contributed by atoms with van der Waals surface area (Å²) in [7, 11) is 1.60. The maximum atomic E-state index is 13.4. The van der Waals surface area contributed by atoms with Crippen LogP contribution in [0.4, 0.5) is 5.69 Å². The van der Waals surface area contributed by atoms with Crippen molar-refractivity contribution >= 4 is 46.5 Å². The number of ether oxygens (including phenoxy) is 3. The molecule has 0 aliphatic rings. The molecule has 0 saturated heterocycles. The van der Waals surface area contributed by atoms with Crippen LogP contribution in [0, 0.1) is 0 Å². The van der Waals surface area contributed by atoms with Crippen LogP contribution in [0.1, 0.15) is 37.9 Å². The largest absolute Gasteiger partial charge is 0.497 e. The third-order valence-electron chi connectivity index (χ3n) is 5.05. The molecular weight excluding hydrogens is 509 g/mol. The number of hydrogen-bond donors (Lipinski definition) is 1. The summed E-state index contributed by atoms with van der Waals surface area (Å²) in [5.74, 6) is 0.188. The Kier molecular flexibility index (Phi) is 9.31. The highest BCUT2D eigenvalue weighted by Crippen LogP contribution is 2.31. The van der Waals surface area contributed by atoms with Crippen LogP contribution < -0.4 is 10.1 Å². The van der Waals surface area contributed by atoms with Gasteiger partial charge in [0.25, 0.3) is 0 Å². The molecule has 0 fully saturated rings. The Morgan fingerprint density at radius 1 is 0.914 bits per heavy atom. The van der Waals surface area contributed by atoms with Gasteiger partial charge in [0.1, 0.15) is 11.4 Å². The summed E-state index contributed by atoms with van der Waals surface area (Å²) in [5, 5.41) is 4.89. The first kappa shape index (κ1) is 27.2. The van der Waals surface area contributed by atoms with E-state index >= 15 is 0 Å². The van der Waals surface area contributed by atoms with Gasteiger partial charge < -0.3 is 19.5 Å². The Hall–Kier alpha value is -2.44. The predicted octanol–water partition coefficient (Wildman–Crippen LogP) is 7.74. The van der Waals surface area contributed by atoms with E-state index in [1.54, 1.807) is 58.2 Å². The van der Waals surface area contributed by atoms with Gasteiger partial charge >= 0.3 is 5.97 Å². The maximum absolute atomic E-state index is 13.4. The standard InChI is InChI=1S/C27H28Cl3NO4/c1-27(2,3)35-26(32)25(34-16-21-22(29)6-5-7-23(21)30)24(17-8-10-18(28)11-9-17)31-19-12-14-20(33-4)15-13-19/h5-15,24-25,31H,16H2,1-4H3/t24-,25+/m1/s1. The molecule has 2 atom stereocenters. The van der Waals surface area contributed by atoms with Crippen molar-refractivity contribution in [1.29, 1.82) is 0 Å². The minimum absolute atomic E-state index is 0.0107. The van der Waals surface area contributed by atoms with E-state index in [1.807, 2.05) is 36.4 Å². The zero-order chi connectivity index (χ0) is 25.6. The average molecular weight is 537 g/mol. The molecule has 0 amide bonds. The van der Waals surface area contributed by atoms with E-state index in [-0.39, 0.29) is 6.61 Å². The molecule has 3 rings (SSSR count). The lowest BCUT2D eigenvalue weighted by atomic mass is 10.00. The molecule has 0 heterocycles. The summed E-state index contributed by atoms with van der Waals surface area (Å²) in [6.07, 6.45) is -1.04. The van der Waals surface area contributed by atoms with Crippen LogP contribution in [-0.4, -0.2) is 24.8 Å². The monoisotopic (exact) mass is 535 g/mol. The quantitative estimate of drug-likeness (QED) is 0.284. The number of methoxy groups -OCH3 is 1. The lowest BCUT2D eigenvalue weighted by Gasteiger charge is -2.31. The predicted molar refractivity (Wildman–Crippen MR) is 142 cm³/mol. The Morgan fingerprint density at radius 2 is 1.51 bits per heavy atom. The van der Waals surface area contributed by atoms with E-state index in [9.17, 15) is 4.79 Å².